The minimum absolute atomic E-state index is 0.235. The van der Waals surface area contributed by atoms with E-state index in [1.54, 1.807) is 4.90 Å². The Morgan fingerprint density at radius 3 is 2.28 bits per heavy atom. The second-order valence-electron chi connectivity index (χ2n) is 7.91. The average molecular weight is 415 g/mol. The summed E-state index contributed by atoms with van der Waals surface area (Å²) in [6, 6.07) is 4.92. The lowest BCUT2D eigenvalue weighted by atomic mass is 9.96. The van der Waals surface area contributed by atoms with E-state index in [2.05, 4.69) is 28.8 Å². The van der Waals surface area contributed by atoms with E-state index in [1.165, 1.54) is 24.3 Å². The number of alkyl halides is 3. The fourth-order valence-corrected chi connectivity index (χ4v) is 4.06. The van der Waals surface area contributed by atoms with Gasteiger partial charge in [-0.2, -0.15) is 0 Å². The first kappa shape index (κ1) is 21.7. The van der Waals surface area contributed by atoms with Gasteiger partial charge < -0.3 is 19.7 Å². The van der Waals surface area contributed by atoms with E-state index >= 15 is 0 Å². The van der Waals surface area contributed by atoms with Crippen molar-refractivity contribution in [3.8, 4) is 5.75 Å². The van der Waals surface area contributed by atoms with Gasteiger partial charge in [-0.15, -0.1) is 13.2 Å². The van der Waals surface area contributed by atoms with Crippen molar-refractivity contribution in [1.29, 1.82) is 0 Å². The topological polar surface area (TPSA) is 54.0 Å². The van der Waals surface area contributed by atoms with Crippen molar-refractivity contribution in [1.82, 2.24) is 9.80 Å². The van der Waals surface area contributed by atoms with Crippen LogP contribution in [-0.2, 0) is 4.74 Å². The number of likely N-dealkylation sites (tertiary alicyclic amines) is 1. The molecule has 0 saturated carbocycles. The normalized spacial score (nSPS) is 24.4. The van der Waals surface area contributed by atoms with Crippen molar-refractivity contribution < 1.29 is 27.4 Å². The molecule has 29 heavy (non-hydrogen) atoms. The molecule has 0 bridgehead atoms. The molecular formula is C20H28F3N3O3. The van der Waals surface area contributed by atoms with Gasteiger partial charge in [0.2, 0.25) is 0 Å². The molecular weight excluding hydrogens is 387 g/mol. The Labute approximate surface area is 168 Å². The molecule has 2 unspecified atom stereocenters. The summed E-state index contributed by atoms with van der Waals surface area (Å²) in [6.07, 6.45) is -2.36. The van der Waals surface area contributed by atoms with Crippen molar-refractivity contribution in [2.24, 2.45) is 5.92 Å². The van der Waals surface area contributed by atoms with Gasteiger partial charge in [-0.25, -0.2) is 4.79 Å². The number of nitrogens with zero attached hydrogens (tertiary/aromatic N) is 2. The van der Waals surface area contributed by atoms with Gasteiger partial charge in [-0.1, -0.05) is 0 Å². The SMILES string of the molecule is CC1CN(CC2CCN(C(=O)Nc3ccc(OC(F)(F)F)cc3)CC2)CC(C)O1. The number of rotatable bonds is 4. The third-order valence-electron chi connectivity index (χ3n) is 5.25. The fourth-order valence-electron chi connectivity index (χ4n) is 4.06. The Bertz CT molecular complexity index is 666. The van der Waals surface area contributed by atoms with Crippen molar-refractivity contribution in [2.45, 2.75) is 45.3 Å². The number of halogens is 3. The van der Waals surface area contributed by atoms with E-state index in [4.69, 9.17) is 4.74 Å². The van der Waals surface area contributed by atoms with Gasteiger partial charge in [-0.3, -0.25) is 4.90 Å². The molecule has 2 aliphatic heterocycles. The standard InChI is InChI=1S/C20H28F3N3O3/c1-14-11-25(12-15(2)28-14)13-16-7-9-26(10-8-16)19(27)24-17-3-5-18(6-4-17)29-20(21,22)23/h3-6,14-16H,7-13H2,1-2H3,(H,24,27). The number of urea groups is 1. The smallest absolute Gasteiger partial charge is 0.406 e. The number of carbonyl (C=O) groups is 1. The number of benzene rings is 1. The minimum Gasteiger partial charge on any atom is -0.406 e. The highest BCUT2D eigenvalue weighted by Gasteiger charge is 2.31. The van der Waals surface area contributed by atoms with Gasteiger partial charge in [-0.05, 0) is 56.9 Å². The summed E-state index contributed by atoms with van der Waals surface area (Å²) >= 11 is 0. The highest BCUT2D eigenvalue weighted by Crippen LogP contribution is 2.25. The summed E-state index contributed by atoms with van der Waals surface area (Å²) in [7, 11) is 0. The molecule has 1 aromatic carbocycles. The molecule has 2 saturated heterocycles. The minimum atomic E-state index is -4.73. The van der Waals surface area contributed by atoms with Crippen LogP contribution in [0.3, 0.4) is 0 Å². The highest BCUT2D eigenvalue weighted by molar-refractivity contribution is 5.89. The summed E-state index contributed by atoms with van der Waals surface area (Å²) in [6.45, 7) is 8.43. The molecule has 0 aromatic heterocycles. The predicted octanol–water partition coefficient (Wildman–Crippen LogP) is 3.94. The number of nitrogens with one attached hydrogen (secondary N) is 1. The average Bonchev–Trinajstić information content (AvgIpc) is 2.62. The second kappa shape index (κ2) is 9.21. The van der Waals surface area contributed by atoms with Crippen LogP contribution in [0.1, 0.15) is 26.7 Å². The molecule has 9 heteroatoms. The third kappa shape index (κ3) is 6.78. The maximum absolute atomic E-state index is 12.4. The van der Waals surface area contributed by atoms with E-state index in [0.717, 1.165) is 32.5 Å². The molecule has 2 heterocycles. The zero-order chi connectivity index (χ0) is 21.0. The van der Waals surface area contributed by atoms with Crippen LogP contribution in [0.25, 0.3) is 0 Å². The number of hydrogen-bond donors (Lipinski definition) is 1. The van der Waals surface area contributed by atoms with Gasteiger partial charge in [0.15, 0.2) is 0 Å². The Kier molecular flexibility index (Phi) is 6.89. The van der Waals surface area contributed by atoms with E-state index in [9.17, 15) is 18.0 Å². The Hall–Kier alpha value is -2.00. The van der Waals surface area contributed by atoms with Gasteiger partial charge in [0, 0.05) is 38.4 Å². The van der Waals surface area contributed by atoms with E-state index < -0.39 is 6.36 Å². The van der Waals surface area contributed by atoms with Crippen molar-refractivity contribution >= 4 is 11.7 Å². The van der Waals surface area contributed by atoms with Gasteiger partial charge in [0.05, 0.1) is 12.2 Å². The number of ether oxygens (including phenoxy) is 2. The van der Waals surface area contributed by atoms with E-state index in [-0.39, 0.29) is 24.0 Å². The molecule has 2 atom stereocenters. The van der Waals surface area contributed by atoms with Crippen LogP contribution < -0.4 is 10.1 Å². The molecule has 0 aliphatic carbocycles. The largest absolute Gasteiger partial charge is 0.573 e. The quantitative estimate of drug-likeness (QED) is 0.810. The number of piperidine rings is 1. The lowest BCUT2D eigenvalue weighted by Crippen LogP contribution is -2.49. The van der Waals surface area contributed by atoms with Gasteiger partial charge in [0.1, 0.15) is 5.75 Å². The molecule has 2 fully saturated rings. The van der Waals surface area contributed by atoms with Crippen LogP contribution >= 0.6 is 0 Å². The fraction of sp³-hybridized carbons (Fsp3) is 0.650. The number of carbonyl (C=O) groups excluding carboxylic acids is 1. The summed E-state index contributed by atoms with van der Waals surface area (Å²) in [5.74, 6) is 0.235. The van der Waals surface area contributed by atoms with Crippen LogP contribution in [0.2, 0.25) is 0 Å². The molecule has 2 amide bonds. The van der Waals surface area contributed by atoms with Gasteiger partial charge in [0.25, 0.3) is 0 Å². The maximum Gasteiger partial charge on any atom is 0.573 e. The van der Waals surface area contributed by atoms with Crippen molar-refractivity contribution in [3.05, 3.63) is 24.3 Å². The summed E-state index contributed by atoms with van der Waals surface area (Å²) in [5.41, 5.74) is 0.433. The lowest BCUT2D eigenvalue weighted by Gasteiger charge is -2.39. The van der Waals surface area contributed by atoms with Crippen LogP contribution in [0, 0.1) is 5.92 Å². The summed E-state index contributed by atoms with van der Waals surface area (Å²) in [4.78, 5) is 16.6. The van der Waals surface area contributed by atoms with Crippen molar-refractivity contribution in [3.63, 3.8) is 0 Å². The number of anilines is 1. The lowest BCUT2D eigenvalue weighted by molar-refractivity contribution is -0.274. The summed E-state index contributed by atoms with van der Waals surface area (Å²) < 4.78 is 46.2. The van der Waals surface area contributed by atoms with Crippen LogP contribution in [0.5, 0.6) is 5.75 Å². The molecule has 162 valence electrons. The molecule has 0 spiro atoms. The zero-order valence-corrected chi connectivity index (χ0v) is 16.7. The second-order valence-corrected chi connectivity index (χ2v) is 7.91. The maximum atomic E-state index is 12.4. The van der Waals surface area contributed by atoms with Crippen molar-refractivity contribution in [2.75, 3.05) is 38.0 Å². The van der Waals surface area contributed by atoms with E-state index in [0.29, 0.717) is 24.7 Å². The molecule has 1 aromatic rings. The molecule has 3 rings (SSSR count). The van der Waals surface area contributed by atoms with Crippen LogP contribution in [0.15, 0.2) is 24.3 Å². The highest BCUT2D eigenvalue weighted by atomic mass is 19.4. The monoisotopic (exact) mass is 415 g/mol. The Morgan fingerprint density at radius 2 is 1.72 bits per heavy atom. The first-order chi connectivity index (χ1) is 13.7. The Balaban J connectivity index is 1.43. The molecule has 6 nitrogen and oxygen atoms in total. The van der Waals surface area contributed by atoms with Crippen LogP contribution in [0.4, 0.5) is 23.7 Å². The summed E-state index contributed by atoms with van der Waals surface area (Å²) in [5, 5.41) is 2.73. The first-order valence-electron chi connectivity index (χ1n) is 9.97. The number of hydrogen-bond acceptors (Lipinski definition) is 4. The molecule has 0 radical (unpaired) electrons. The molecule has 2 aliphatic rings. The zero-order valence-electron chi connectivity index (χ0n) is 16.7. The predicted molar refractivity (Wildman–Crippen MR) is 103 cm³/mol. The van der Waals surface area contributed by atoms with E-state index in [1.807, 2.05) is 0 Å². The van der Waals surface area contributed by atoms with Crippen LogP contribution in [-0.4, -0.2) is 67.1 Å². The van der Waals surface area contributed by atoms with Gasteiger partial charge >= 0.3 is 12.4 Å². The molecule has 1 N–H and O–H groups in total. The number of amides is 2. The third-order valence-corrected chi connectivity index (χ3v) is 5.25. The number of morpholine rings is 1. The Morgan fingerprint density at radius 1 is 1.14 bits per heavy atom. The first-order valence-corrected chi connectivity index (χ1v) is 9.97.